The van der Waals surface area contributed by atoms with Gasteiger partial charge in [0, 0.05) is 29.0 Å². The molecule has 0 saturated heterocycles. The highest BCUT2D eigenvalue weighted by molar-refractivity contribution is 9.10. The van der Waals surface area contributed by atoms with Gasteiger partial charge in [-0.2, -0.15) is 0 Å². The van der Waals surface area contributed by atoms with E-state index in [0.29, 0.717) is 23.6 Å². The van der Waals surface area contributed by atoms with E-state index in [1.807, 2.05) is 39.0 Å². The number of halogens is 1. The summed E-state index contributed by atoms with van der Waals surface area (Å²) in [7, 11) is 0. The molecule has 0 aliphatic carbocycles. The third-order valence-electron chi connectivity index (χ3n) is 3.15. The molecule has 0 aliphatic heterocycles. The van der Waals surface area contributed by atoms with Gasteiger partial charge in [-0.05, 0) is 31.5 Å². The van der Waals surface area contributed by atoms with Crippen LogP contribution in [0.2, 0.25) is 0 Å². The zero-order valence-corrected chi connectivity index (χ0v) is 13.8. The summed E-state index contributed by atoms with van der Waals surface area (Å²) in [5.41, 5.74) is 7.28. The predicted octanol–water partition coefficient (Wildman–Crippen LogP) is 3.14. The topological polar surface area (TPSA) is 46.3 Å². The van der Waals surface area contributed by atoms with Gasteiger partial charge in [0.1, 0.15) is 0 Å². The van der Waals surface area contributed by atoms with E-state index in [0.717, 1.165) is 10.0 Å². The Kier molecular flexibility index (Phi) is 5.94. The lowest BCUT2D eigenvalue weighted by Crippen LogP contribution is -2.38. The molecule has 0 fully saturated rings. The Morgan fingerprint density at radius 1 is 1.53 bits per heavy atom. The van der Waals surface area contributed by atoms with E-state index in [1.54, 1.807) is 4.90 Å². The van der Waals surface area contributed by atoms with Crippen molar-refractivity contribution in [2.45, 2.75) is 20.8 Å². The molecule has 5 heteroatoms. The number of hydrogen-bond acceptors (Lipinski definition) is 2. The Labute approximate surface area is 128 Å². The normalized spacial score (nSPS) is 12.0. The molecule has 1 amide bonds. The summed E-state index contributed by atoms with van der Waals surface area (Å²) >= 11 is 8.41. The van der Waals surface area contributed by atoms with Crippen LogP contribution in [0, 0.1) is 12.8 Å². The van der Waals surface area contributed by atoms with Gasteiger partial charge in [-0.25, -0.2) is 0 Å². The van der Waals surface area contributed by atoms with Crippen molar-refractivity contribution in [1.29, 1.82) is 0 Å². The van der Waals surface area contributed by atoms with Gasteiger partial charge in [0.15, 0.2) is 0 Å². The molecule has 0 bridgehead atoms. The molecule has 1 atom stereocenters. The molecule has 1 unspecified atom stereocenters. The van der Waals surface area contributed by atoms with E-state index in [9.17, 15) is 4.79 Å². The summed E-state index contributed by atoms with van der Waals surface area (Å²) in [4.78, 5) is 14.7. The van der Waals surface area contributed by atoms with Crippen LogP contribution in [0.5, 0.6) is 0 Å². The van der Waals surface area contributed by atoms with Gasteiger partial charge in [0.05, 0.1) is 4.99 Å². The lowest BCUT2D eigenvalue weighted by molar-refractivity contribution is 0.0754. The third-order valence-corrected chi connectivity index (χ3v) is 4.41. The summed E-state index contributed by atoms with van der Waals surface area (Å²) in [6, 6.07) is 5.64. The van der Waals surface area contributed by atoms with Crippen molar-refractivity contribution in [3.63, 3.8) is 0 Å². The van der Waals surface area contributed by atoms with E-state index in [-0.39, 0.29) is 11.8 Å². The van der Waals surface area contributed by atoms with Crippen molar-refractivity contribution in [3.05, 3.63) is 33.8 Å². The second-order valence-corrected chi connectivity index (χ2v) is 5.89. The number of rotatable bonds is 5. The molecule has 0 aliphatic rings. The average Bonchev–Trinajstić information content (AvgIpc) is 2.38. The molecule has 0 heterocycles. The molecule has 1 aromatic carbocycles. The van der Waals surface area contributed by atoms with E-state index in [1.165, 1.54) is 0 Å². The highest BCUT2D eigenvalue weighted by Gasteiger charge is 2.19. The number of amides is 1. The second-order valence-electron chi connectivity index (χ2n) is 4.56. The standard InChI is InChI=1S/C14H19BrN2OS/c1-4-17(8-9(2)13(16)19)14(18)11-6-5-7-12(15)10(11)3/h5-7,9H,4,8H2,1-3H3,(H2,16,19). The highest BCUT2D eigenvalue weighted by Crippen LogP contribution is 2.21. The summed E-state index contributed by atoms with van der Waals surface area (Å²) in [6.07, 6.45) is 0. The van der Waals surface area contributed by atoms with Gasteiger partial charge in [0.2, 0.25) is 0 Å². The van der Waals surface area contributed by atoms with Crippen LogP contribution >= 0.6 is 28.1 Å². The fourth-order valence-electron chi connectivity index (χ4n) is 1.79. The summed E-state index contributed by atoms with van der Waals surface area (Å²) in [6.45, 7) is 7.01. The molecule has 2 N–H and O–H groups in total. The smallest absolute Gasteiger partial charge is 0.254 e. The molecule has 1 aromatic rings. The SMILES string of the molecule is CCN(CC(C)C(N)=S)C(=O)c1cccc(Br)c1C. The van der Waals surface area contributed by atoms with Crippen LogP contribution in [0.25, 0.3) is 0 Å². The quantitative estimate of drug-likeness (QED) is 0.836. The van der Waals surface area contributed by atoms with Gasteiger partial charge < -0.3 is 10.6 Å². The van der Waals surface area contributed by atoms with Crippen LogP contribution in [0.4, 0.5) is 0 Å². The number of carbonyl (C=O) groups excluding carboxylic acids is 1. The van der Waals surface area contributed by atoms with Gasteiger partial charge in [-0.1, -0.05) is 41.1 Å². The van der Waals surface area contributed by atoms with Crippen LogP contribution in [0.1, 0.15) is 29.8 Å². The maximum Gasteiger partial charge on any atom is 0.254 e. The Bertz CT molecular complexity index is 490. The van der Waals surface area contributed by atoms with Crippen LogP contribution < -0.4 is 5.73 Å². The summed E-state index contributed by atoms with van der Waals surface area (Å²) < 4.78 is 0.941. The van der Waals surface area contributed by atoms with Gasteiger partial charge in [0.25, 0.3) is 5.91 Å². The van der Waals surface area contributed by atoms with Crippen molar-refractivity contribution < 1.29 is 4.79 Å². The van der Waals surface area contributed by atoms with Crippen LogP contribution in [-0.2, 0) is 0 Å². The molecular formula is C14H19BrN2OS. The number of hydrogen-bond donors (Lipinski definition) is 1. The van der Waals surface area contributed by atoms with Crippen molar-refractivity contribution in [2.24, 2.45) is 11.7 Å². The molecule has 0 saturated carbocycles. The number of benzene rings is 1. The Balaban J connectivity index is 2.96. The first-order valence-electron chi connectivity index (χ1n) is 6.22. The van der Waals surface area contributed by atoms with Crippen molar-refractivity contribution in [2.75, 3.05) is 13.1 Å². The predicted molar refractivity (Wildman–Crippen MR) is 86.4 cm³/mol. The fraction of sp³-hybridized carbons (Fsp3) is 0.429. The fourth-order valence-corrected chi connectivity index (χ4v) is 2.23. The van der Waals surface area contributed by atoms with Crippen molar-refractivity contribution >= 4 is 39.0 Å². The highest BCUT2D eigenvalue weighted by atomic mass is 79.9. The van der Waals surface area contributed by atoms with Gasteiger partial charge in [-0.3, -0.25) is 4.79 Å². The Morgan fingerprint density at radius 3 is 2.68 bits per heavy atom. The zero-order chi connectivity index (χ0) is 14.6. The number of carbonyl (C=O) groups is 1. The summed E-state index contributed by atoms with van der Waals surface area (Å²) in [5, 5.41) is 0. The van der Waals surface area contributed by atoms with Gasteiger partial charge >= 0.3 is 0 Å². The largest absolute Gasteiger partial charge is 0.393 e. The maximum absolute atomic E-state index is 12.5. The number of nitrogens with two attached hydrogens (primary N) is 1. The Morgan fingerprint density at radius 2 is 2.16 bits per heavy atom. The average molecular weight is 343 g/mol. The second kappa shape index (κ2) is 7.01. The van der Waals surface area contributed by atoms with Crippen molar-refractivity contribution in [1.82, 2.24) is 4.90 Å². The molecule has 19 heavy (non-hydrogen) atoms. The summed E-state index contributed by atoms with van der Waals surface area (Å²) in [5.74, 6) is 0.0377. The number of thiocarbonyl (C=S) groups is 1. The third kappa shape index (κ3) is 4.01. The monoisotopic (exact) mass is 342 g/mol. The maximum atomic E-state index is 12.5. The van der Waals surface area contributed by atoms with E-state index in [4.69, 9.17) is 18.0 Å². The number of nitrogens with zero attached hydrogens (tertiary/aromatic N) is 1. The minimum atomic E-state index is 0.0180. The first-order chi connectivity index (χ1) is 8.88. The lowest BCUT2D eigenvalue weighted by atomic mass is 10.1. The Hall–Kier alpha value is -0.940. The van der Waals surface area contributed by atoms with Crippen LogP contribution in [0.15, 0.2) is 22.7 Å². The molecule has 0 spiro atoms. The molecule has 0 radical (unpaired) electrons. The first kappa shape index (κ1) is 16.1. The molecule has 3 nitrogen and oxygen atoms in total. The minimum absolute atomic E-state index is 0.0180. The van der Waals surface area contributed by atoms with Crippen LogP contribution in [-0.4, -0.2) is 28.9 Å². The minimum Gasteiger partial charge on any atom is -0.393 e. The van der Waals surface area contributed by atoms with Gasteiger partial charge in [-0.15, -0.1) is 0 Å². The molecular weight excluding hydrogens is 324 g/mol. The lowest BCUT2D eigenvalue weighted by Gasteiger charge is -2.25. The molecule has 0 aromatic heterocycles. The first-order valence-corrected chi connectivity index (χ1v) is 7.42. The molecule has 104 valence electrons. The molecule has 1 rings (SSSR count). The zero-order valence-electron chi connectivity index (χ0n) is 11.4. The van der Waals surface area contributed by atoms with E-state index in [2.05, 4.69) is 15.9 Å². The van der Waals surface area contributed by atoms with E-state index < -0.39 is 0 Å². The van der Waals surface area contributed by atoms with E-state index >= 15 is 0 Å². The van der Waals surface area contributed by atoms with Crippen LogP contribution in [0.3, 0.4) is 0 Å². The van der Waals surface area contributed by atoms with Crippen molar-refractivity contribution in [3.8, 4) is 0 Å².